The van der Waals surface area contributed by atoms with Crippen LogP contribution in [0.1, 0.15) is 33.4 Å². The topological polar surface area (TPSA) is 17.8 Å². The molecule has 0 unspecified atom stereocenters. The van der Waals surface area contributed by atoms with Crippen LogP contribution in [0.2, 0.25) is 0 Å². The van der Waals surface area contributed by atoms with Crippen molar-refractivity contribution >= 4 is 15.9 Å². The Morgan fingerprint density at radius 3 is 2.00 bits per heavy atom. The third-order valence-electron chi connectivity index (χ3n) is 5.87. The molecule has 0 saturated carbocycles. The Morgan fingerprint density at radius 2 is 1.37 bits per heavy atom. The first kappa shape index (κ1) is 20.6. The van der Waals surface area contributed by atoms with Crippen LogP contribution in [0.15, 0.2) is 65.1 Å². The summed E-state index contributed by atoms with van der Waals surface area (Å²) in [5.74, 6) is 0. The van der Waals surface area contributed by atoms with E-state index in [-0.39, 0.29) is 0 Å². The number of benzene rings is 3. The van der Waals surface area contributed by atoms with Crippen LogP contribution < -0.4 is 0 Å². The molecule has 0 aliphatic carbocycles. The lowest BCUT2D eigenvalue weighted by atomic mass is 10.0. The Labute approximate surface area is 187 Å². The quantitative estimate of drug-likeness (QED) is 0.308. The molecule has 0 atom stereocenters. The highest BCUT2D eigenvalue weighted by molar-refractivity contribution is 9.10. The first-order chi connectivity index (χ1) is 14.3. The van der Waals surface area contributed by atoms with Gasteiger partial charge < -0.3 is 0 Å². The summed E-state index contributed by atoms with van der Waals surface area (Å²) < 4.78 is 3.18. The van der Waals surface area contributed by atoms with E-state index >= 15 is 0 Å². The van der Waals surface area contributed by atoms with E-state index in [4.69, 9.17) is 5.10 Å². The average molecular weight is 459 g/mol. The van der Waals surface area contributed by atoms with Crippen molar-refractivity contribution in [3.05, 3.63) is 98.5 Å². The minimum atomic E-state index is 0.730. The molecular weight excluding hydrogens is 432 g/mol. The third-order valence-corrected chi connectivity index (χ3v) is 6.62. The maximum Gasteiger partial charge on any atom is 0.107 e. The van der Waals surface area contributed by atoms with E-state index in [1.54, 1.807) is 0 Å². The van der Waals surface area contributed by atoms with Crippen LogP contribution in [0.25, 0.3) is 22.5 Å². The number of aromatic nitrogens is 2. The average Bonchev–Trinajstić information content (AvgIpc) is 3.02. The predicted molar refractivity (Wildman–Crippen MR) is 130 cm³/mol. The fourth-order valence-corrected chi connectivity index (χ4v) is 4.52. The highest BCUT2D eigenvalue weighted by Crippen LogP contribution is 2.38. The van der Waals surface area contributed by atoms with Crippen molar-refractivity contribution in [2.24, 2.45) is 0 Å². The third kappa shape index (κ3) is 3.99. The molecule has 0 aliphatic heterocycles. The Morgan fingerprint density at radius 1 is 0.733 bits per heavy atom. The van der Waals surface area contributed by atoms with Gasteiger partial charge in [-0.3, -0.25) is 4.68 Å². The summed E-state index contributed by atoms with van der Waals surface area (Å²) in [4.78, 5) is 0. The van der Waals surface area contributed by atoms with E-state index in [1.807, 2.05) is 0 Å². The van der Waals surface area contributed by atoms with Gasteiger partial charge in [-0.25, -0.2) is 0 Å². The van der Waals surface area contributed by atoms with Gasteiger partial charge >= 0.3 is 0 Å². The normalized spacial score (nSPS) is 11.1. The number of nitrogens with zero attached hydrogens (tertiary/aromatic N) is 2. The predicted octanol–water partition coefficient (Wildman–Crippen LogP) is 7.57. The van der Waals surface area contributed by atoms with Gasteiger partial charge in [0.05, 0.1) is 16.7 Å². The first-order valence-electron chi connectivity index (χ1n) is 10.3. The summed E-state index contributed by atoms with van der Waals surface area (Å²) in [5, 5.41) is 5.07. The van der Waals surface area contributed by atoms with Gasteiger partial charge in [-0.1, -0.05) is 54.1 Å². The van der Waals surface area contributed by atoms with Crippen molar-refractivity contribution in [3.8, 4) is 22.5 Å². The van der Waals surface area contributed by atoms with Crippen molar-refractivity contribution < 1.29 is 0 Å². The maximum atomic E-state index is 5.07. The lowest BCUT2D eigenvalue weighted by Gasteiger charge is -2.11. The van der Waals surface area contributed by atoms with Crippen LogP contribution in [0.4, 0.5) is 0 Å². The fraction of sp³-hybridized carbons (Fsp3) is 0.222. The van der Waals surface area contributed by atoms with Crippen LogP contribution in [0, 0.1) is 34.6 Å². The molecule has 0 aliphatic rings. The maximum absolute atomic E-state index is 5.07. The largest absolute Gasteiger partial charge is 0.259 e. The van der Waals surface area contributed by atoms with Gasteiger partial charge in [-0.15, -0.1) is 0 Å². The number of hydrogen-bond donors (Lipinski definition) is 0. The van der Waals surface area contributed by atoms with Crippen LogP contribution in [-0.2, 0) is 6.54 Å². The number of rotatable bonds is 4. The molecule has 0 fully saturated rings. The summed E-state index contributed by atoms with van der Waals surface area (Å²) in [6.45, 7) is 11.5. The molecule has 152 valence electrons. The van der Waals surface area contributed by atoms with Gasteiger partial charge in [0, 0.05) is 11.1 Å². The molecule has 4 rings (SSSR count). The molecule has 3 aromatic carbocycles. The molecular formula is C27H27BrN2. The zero-order valence-electron chi connectivity index (χ0n) is 18.3. The molecule has 0 saturated heterocycles. The summed E-state index contributed by atoms with van der Waals surface area (Å²) in [5.41, 5.74) is 12.1. The molecule has 3 heteroatoms. The van der Waals surface area contributed by atoms with Crippen molar-refractivity contribution in [1.29, 1.82) is 0 Å². The minimum Gasteiger partial charge on any atom is -0.259 e. The fourth-order valence-electron chi connectivity index (χ4n) is 3.78. The molecule has 0 N–H and O–H groups in total. The van der Waals surface area contributed by atoms with Gasteiger partial charge in [-0.05, 0) is 90.5 Å². The zero-order chi connectivity index (χ0) is 21.4. The lowest BCUT2D eigenvalue weighted by molar-refractivity contribution is 0.696. The molecule has 0 amide bonds. The summed E-state index contributed by atoms with van der Waals surface area (Å²) in [6.07, 6.45) is 0. The van der Waals surface area contributed by atoms with Crippen molar-refractivity contribution in [1.82, 2.24) is 9.78 Å². The van der Waals surface area contributed by atoms with Crippen molar-refractivity contribution in [2.75, 3.05) is 0 Å². The Hall–Kier alpha value is -2.65. The SMILES string of the molecule is Cc1cccc(Cn2nc(-c3ccc(C)c(C)c3)c(Br)c2-c2ccc(C)c(C)c2)c1. The molecule has 0 radical (unpaired) electrons. The first-order valence-corrected chi connectivity index (χ1v) is 11.1. The molecule has 1 aromatic heterocycles. The number of aryl methyl sites for hydroxylation is 5. The molecule has 2 nitrogen and oxygen atoms in total. The smallest absolute Gasteiger partial charge is 0.107 e. The van der Waals surface area contributed by atoms with Crippen LogP contribution in [0.3, 0.4) is 0 Å². The Bertz CT molecular complexity index is 1230. The van der Waals surface area contributed by atoms with E-state index < -0.39 is 0 Å². The molecule has 0 spiro atoms. The van der Waals surface area contributed by atoms with Gasteiger partial charge in [0.15, 0.2) is 0 Å². The summed E-state index contributed by atoms with van der Waals surface area (Å²) in [7, 11) is 0. The second-order valence-corrected chi connectivity index (χ2v) is 9.05. The second-order valence-electron chi connectivity index (χ2n) is 8.26. The van der Waals surface area contributed by atoms with E-state index in [2.05, 4.69) is 116 Å². The minimum absolute atomic E-state index is 0.730. The van der Waals surface area contributed by atoms with Crippen LogP contribution >= 0.6 is 15.9 Å². The molecule has 30 heavy (non-hydrogen) atoms. The van der Waals surface area contributed by atoms with E-state index in [0.717, 1.165) is 28.0 Å². The van der Waals surface area contributed by atoms with E-state index in [0.29, 0.717) is 0 Å². The number of hydrogen-bond acceptors (Lipinski definition) is 1. The second kappa shape index (κ2) is 8.23. The van der Waals surface area contributed by atoms with Gasteiger partial charge in [-0.2, -0.15) is 5.10 Å². The zero-order valence-corrected chi connectivity index (χ0v) is 19.8. The van der Waals surface area contributed by atoms with Gasteiger partial charge in [0.1, 0.15) is 5.69 Å². The standard InChI is InChI=1S/C27H27BrN2/c1-17-7-6-8-22(13-17)16-30-27(24-12-10-19(3)21(5)15-24)25(28)26(29-30)23-11-9-18(2)20(4)14-23/h6-15H,16H2,1-5H3. The molecule has 0 bridgehead atoms. The highest BCUT2D eigenvalue weighted by Gasteiger charge is 2.20. The summed E-state index contributed by atoms with van der Waals surface area (Å²) >= 11 is 3.91. The van der Waals surface area contributed by atoms with Crippen LogP contribution in [0.5, 0.6) is 0 Å². The van der Waals surface area contributed by atoms with E-state index in [9.17, 15) is 0 Å². The molecule has 1 heterocycles. The Kier molecular flexibility index (Phi) is 5.66. The monoisotopic (exact) mass is 458 g/mol. The summed E-state index contributed by atoms with van der Waals surface area (Å²) in [6, 6.07) is 21.9. The van der Waals surface area contributed by atoms with E-state index in [1.165, 1.54) is 38.9 Å². The Balaban J connectivity index is 1.90. The lowest BCUT2D eigenvalue weighted by Crippen LogP contribution is -2.04. The van der Waals surface area contributed by atoms with Gasteiger partial charge in [0.25, 0.3) is 0 Å². The van der Waals surface area contributed by atoms with Crippen molar-refractivity contribution in [2.45, 2.75) is 41.2 Å². The van der Waals surface area contributed by atoms with Gasteiger partial charge in [0.2, 0.25) is 0 Å². The number of halogens is 1. The molecule has 4 aromatic rings. The van der Waals surface area contributed by atoms with Crippen LogP contribution in [-0.4, -0.2) is 9.78 Å². The highest BCUT2D eigenvalue weighted by atomic mass is 79.9. The van der Waals surface area contributed by atoms with Crippen molar-refractivity contribution in [3.63, 3.8) is 0 Å².